The normalized spacial score (nSPS) is 16.3. The van der Waals surface area contributed by atoms with E-state index in [1.807, 2.05) is 29.2 Å². The second-order valence-electron chi connectivity index (χ2n) is 10.7. The number of ether oxygens (including phenoxy) is 1. The molecule has 5 rings (SSSR count). The quantitative estimate of drug-likeness (QED) is 0.210. The van der Waals surface area contributed by atoms with E-state index in [9.17, 15) is 35.9 Å². The number of aromatic nitrogens is 2. The Morgan fingerprint density at radius 3 is 2.47 bits per heavy atom. The van der Waals surface area contributed by atoms with Crippen LogP contribution in [0.5, 0.6) is 0 Å². The number of hydrogen-bond donors (Lipinski definition) is 2. The largest absolute Gasteiger partial charge is 0.416 e. The Balaban J connectivity index is 1.40. The summed E-state index contributed by atoms with van der Waals surface area (Å²) in [5.41, 5.74) is -1.39. The van der Waals surface area contributed by atoms with Crippen molar-refractivity contribution in [3.05, 3.63) is 82.0 Å². The molecule has 1 aliphatic rings. The Bertz CT molecular complexity index is 1640. The molecule has 0 radical (unpaired) electrons. The Labute approximate surface area is 258 Å². The van der Waals surface area contributed by atoms with Crippen LogP contribution in [0.2, 0.25) is 0 Å². The van der Waals surface area contributed by atoms with E-state index in [-0.39, 0.29) is 38.1 Å². The first-order valence-electron chi connectivity index (χ1n) is 13.9. The third kappa shape index (κ3) is 7.83. The molecule has 2 amide bonds. The maximum atomic E-state index is 13.7. The van der Waals surface area contributed by atoms with Crippen LogP contribution in [-0.2, 0) is 34.8 Å². The first kappa shape index (κ1) is 32.4. The molecule has 1 aliphatic heterocycles. The molecule has 1 fully saturated rings. The number of halogens is 6. The molecule has 2 N–H and O–H groups in total. The minimum atomic E-state index is -5.08. The van der Waals surface area contributed by atoms with Gasteiger partial charge in [0.25, 0.3) is 5.91 Å². The van der Waals surface area contributed by atoms with Gasteiger partial charge in [-0.3, -0.25) is 14.5 Å². The molecule has 45 heavy (non-hydrogen) atoms. The van der Waals surface area contributed by atoms with Gasteiger partial charge in [0.2, 0.25) is 5.91 Å². The van der Waals surface area contributed by atoms with Gasteiger partial charge < -0.3 is 19.9 Å². The third-order valence-corrected chi connectivity index (χ3v) is 8.32. The molecule has 8 nitrogen and oxygen atoms in total. The van der Waals surface area contributed by atoms with Gasteiger partial charge >= 0.3 is 12.4 Å². The lowest BCUT2D eigenvalue weighted by Crippen LogP contribution is -2.55. The van der Waals surface area contributed by atoms with E-state index in [1.54, 1.807) is 11.6 Å². The SMILES string of the molecule is COCCC(=O)Nc1nc(CN2CCN(C(=O)c3cc(C(F)(F)F)cc(C(F)(F)F)c3)[C@H](Cc3c[nH]c4ccccc34)C2)cs1. The van der Waals surface area contributed by atoms with Crippen molar-refractivity contribution in [3.63, 3.8) is 0 Å². The van der Waals surface area contributed by atoms with E-state index < -0.39 is 41.0 Å². The van der Waals surface area contributed by atoms with Crippen molar-refractivity contribution in [3.8, 4) is 0 Å². The number of piperazine rings is 1. The fourth-order valence-corrected chi connectivity index (χ4v) is 6.06. The Morgan fingerprint density at radius 1 is 1.07 bits per heavy atom. The highest BCUT2D eigenvalue weighted by molar-refractivity contribution is 7.13. The summed E-state index contributed by atoms with van der Waals surface area (Å²) in [7, 11) is 1.49. The second-order valence-corrected chi connectivity index (χ2v) is 11.5. The van der Waals surface area contributed by atoms with Crippen LogP contribution in [0.4, 0.5) is 31.5 Å². The summed E-state index contributed by atoms with van der Waals surface area (Å²) >= 11 is 1.25. The lowest BCUT2D eigenvalue weighted by atomic mass is 9.98. The number of para-hydroxylation sites is 1. The van der Waals surface area contributed by atoms with E-state index in [1.165, 1.54) is 23.3 Å². The Hall–Kier alpha value is -3.95. The second kappa shape index (κ2) is 13.2. The summed E-state index contributed by atoms with van der Waals surface area (Å²) in [5, 5.41) is 5.82. The lowest BCUT2D eigenvalue weighted by molar-refractivity contribution is -0.143. The molecule has 0 spiro atoms. The molecule has 2 aromatic heterocycles. The average molecular weight is 654 g/mol. The van der Waals surface area contributed by atoms with E-state index >= 15 is 0 Å². The molecular weight excluding hydrogens is 624 g/mol. The van der Waals surface area contributed by atoms with Crippen molar-refractivity contribution < 1.29 is 40.7 Å². The Kier molecular flexibility index (Phi) is 9.51. The zero-order valence-electron chi connectivity index (χ0n) is 24.0. The smallest absolute Gasteiger partial charge is 0.384 e. The minimum Gasteiger partial charge on any atom is -0.384 e. The summed E-state index contributed by atoms with van der Waals surface area (Å²) in [5.74, 6) is -1.15. The molecule has 0 saturated carbocycles. The number of thiazole rings is 1. The van der Waals surface area contributed by atoms with Gasteiger partial charge in [-0.1, -0.05) is 18.2 Å². The summed E-state index contributed by atoms with van der Waals surface area (Å²) in [6.45, 7) is 1.27. The standard InChI is InChI=1S/C30H29F6N5O3S/c1-44-9-6-26(42)39-28-38-22(17-45-28)15-40-7-8-41(23(16-40)12-19-14-37-25-5-3-2-4-24(19)25)27(43)18-10-20(29(31,32)33)13-21(11-18)30(34,35)36/h2-5,10-11,13-14,17,23,37H,6-9,12,15-16H2,1H3,(H,38,39,42)/t23-/m1/s1. The number of carbonyl (C=O) groups excluding carboxylic acids is 2. The summed E-state index contributed by atoms with van der Waals surface area (Å²) < 4.78 is 86.3. The fourth-order valence-electron chi connectivity index (χ4n) is 5.35. The van der Waals surface area contributed by atoms with Crippen LogP contribution in [-0.4, -0.2) is 71.0 Å². The van der Waals surface area contributed by atoms with Gasteiger partial charge in [0.15, 0.2) is 5.13 Å². The number of nitrogens with one attached hydrogen (secondary N) is 2. The third-order valence-electron chi connectivity index (χ3n) is 7.51. The van der Waals surface area contributed by atoms with Gasteiger partial charge in [-0.05, 0) is 36.2 Å². The van der Waals surface area contributed by atoms with Crippen molar-refractivity contribution in [1.29, 1.82) is 0 Å². The van der Waals surface area contributed by atoms with Crippen LogP contribution in [0, 0.1) is 0 Å². The van der Waals surface area contributed by atoms with Gasteiger partial charge in [-0.15, -0.1) is 11.3 Å². The molecule has 3 heterocycles. The number of H-pyrrole nitrogens is 1. The van der Waals surface area contributed by atoms with E-state index in [0.29, 0.717) is 42.5 Å². The summed E-state index contributed by atoms with van der Waals surface area (Å²) in [6.07, 6.45) is -7.89. The molecule has 0 bridgehead atoms. The maximum absolute atomic E-state index is 13.7. The van der Waals surface area contributed by atoms with Crippen LogP contribution in [0.25, 0.3) is 10.9 Å². The molecule has 1 saturated heterocycles. The Morgan fingerprint density at radius 2 is 1.78 bits per heavy atom. The minimum absolute atomic E-state index is 0.0142. The first-order chi connectivity index (χ1) is 21.3. The highest BCUT2D eigenvalue weighted by atomic mass is 32.1. The van der Waals surface area contributed by atoms with Crippen molar-refractivity contribution in [2.75, 3.05) is 38.7 Å². The van der Waals surface area contributed by atoms with Gasteiger partial charge in [0, 0.05) is 67.4 Å². The molecule has 0 aliphatic carbocycles. The van der Waals surface area contributed by atoms with Crippen LogP contribution in [0.15, 0.2) is 54.0 Å². The fraction of sp³-hybridized carbons (Fsp3) is 0.367. The topological polar surface area (TPSA) is 90.6 Å². The molecule has 15 heteroatoms. The number of benzene rings is 2. The van der Waals surface area contributed by atoms with Gasteiger partial charge in [0.05, 0.1) is 29.8 Å². The van der Waals surface area contributed by atoms with E-state index in [4.69, 9.17) is 4.74 Å². The molecular formula is C30H29F6N5O3S. The number of carbonyl (C=O) groups is 2. The van der Waals surface area contributed by atoms with Crippen molar-refractivity contribution >= 4 is 39.2 Å². The number of alkyl halides is 6. The molecule has 1 atom stereocenters. The van der Waals surface area contributed by atoms with Crippen molar-refractivity contribution in [2.45, 2.75) is 37.8 Å². The molecule has 2 aromatic carbocycles. The zero-order valence-corrected chi connectivity index (χ0v) is 24.8. The van der Waals surface area contributed by atoms with Crippen molar-refractivity contribution in [1.82, 2.24) is 19.8 Å². The number of nitrogens with zero attached hydrogens (tertiary/aromatic N) is 3. The van der Waals surface area contributed by atoms with Gasteiger partial charge in [0.1, 0.15) is 0 Å². The summed E-state index contributed by atoms with van der Waals surface area (Å²) in [6, 6.07) is 7.87. The number of fused-ring (bicyclic) bond motifs is 1. The number of hydrogen-bond acceptors (Lipinski definition) is 6. The lowest BCUT2D eigenvalue weighted by Gasteiger charge is -2.41. The zero-order chi connectivity index (χ0) is 32.4. The van der Waals surface area contributed by atoms with Crippen LogP contribution in [0.1, 0.15) is 39.2 Å². The average Bonchev–Trinajstić information content (AvgIpc) is 3.61. The van der Waals surface area contributed by atoms with E-state index in [0.717, 1.165) is 16.5 Å². The van der Waals surface area contributed by atoms with Crippen LogP contribution in [0.3, 0.4) is 0 Å². The molecule has 4 aromatic rings. The monoisotopic (exact) mass is 653 g/mol. The first-order valence-corrected chi connectivity index (χ1v) is 14.8. The number of methoxy groups -OCH3 is 1. The summed E-state index contributed by atoms with van der Waals surface area (Å²) in [4.78, 5) is 36.7. The highest BCUT2D eigenvalue weighted by Gasteiger charge is 2.39. The highest BCUT2D eigenvalue weighted by Crippen LogP contribution is 2.37. The number of anilines is 1. The van der Waals surface area contributed by atoms with Crippen molar-refractivity contribution in [2.24, 2.45) is 0 Å². The number of rotatable bonds is 9. The van der Waals surface area contributed by atoms with Crippen LogP contribution < -0.4 is 5.32 Å². The maximum Gasteiger partial charge on any atom is 0.416 e. The molecule has 0 unspecified atom stereocenters. The van der Waals surface area contributed by atoms with Gasteiger partial charge in [-0.25, -0.2) is 4.98 Å². The number of aromatic amines is 1. The predicted molar refractivity (Wildman–Crippen MR) is 156 cm³/mol. The predicted octanol–water partition coefficient (Wildman–Crippen LogP) is 6.21. The van der Waals surface area contributed by atoms with Gasteiger partial charge in [-0.2, -0.15) is 26.3 Å². The molecule has 240 valence electrons. The number of amides is 2. The van der Waals surface area contributed by atoms with Crippen LogP contribution >= 0.6 is 11.3 Å². The van der Waals surface area contributed by atoms with E-state index in [2.05, 4.69) is 15.3 Å².